The maximum absolute atomic E-state index is 5.55. The number of hydrogen-bond donors (Lipinski definition) is 1. The summed E-state index contributed by atoms with van der Waals surface area (Å²) in [4.78, 5) is 0. The van der Waals surface area contributed by atoms with Gasteiger partial charge in [-0.1, -0.05) is 18.2 Å². The average molecular weight is 201 g/mol. The summed E-state index contributed by atoms with van der Waals surface area (Å²) in [6, 6.07) is 8.39. The Bertz CT molecular complexity index is 391. The number of ether oxygens (including phenoxy) is 1. The molecule has 2 heterocycles. The summed E-state index contributed by atoms with van der Waals surface area (Å²) in [5, 5.41) is 3.41. The largest absolute Gasteiger partial charge is 0.465 e. The van der Waals surface area contributed by atoms with E-state index in [1.165, 1.54) is 18.4 Å². The molecule has 1 N–H and O–H groups in total. The van der Waals surface area contributed by atoms with Crippen molar-refractivity contribution in [2.75, 3.05) is 13.1 Å². The Morgan fingerprint density at radius 3 is 2.80 bits per heavy atom. The monoisotopic (exact) mass is 201 g/mol. The maximum atomic E-state index is 5.55. The highest BCUT2D eigenvalue weighted by Crippen LogP contribution is 2.42. The van der Waals surface area contributed by atoms with E-state index in [1.807, 2.05) is 12.3 Å². The molecule has 3 rings (SSSR count). The van der Waals surface area contributed by atoms with Gasteiger partial charge in [-0.3, -0.25) is 0 Å². The van der Waals surface area contributed by atoms with E-state index in [2.05, 4.69) is 29.6 Å². The highest BCUT2D eigenvalue weighted by Gasteiger charge is 2.35. The Hall–Kier alpha value is -1.28. The van der Waals surface area contributed by atoms with Gasteiger partial charge in [0.1, 0.15) is 5.75 Å². The van der Waals surface area contributed by atoms with Crippen molar-refractivity contribution in [1.29, 1.82) is 0 Å². The molecule has 1 saturated heterocycles. The molecule has 1 spiro atoms. The number of allylic oxidation sites excluding steroid dienone is 1. The molecule has 0 bridgehead atoms. The average Bonchev–Trinajstić information content (AvgIpc) is 2.31. The first-order valence-electron chi connectivity index (χ1n) is 5.55. The molecule has 2 aliphatic rings. The third-order valence-corrected chi connectivity index (χ3v) is 3.50. The van der Waals surface area contributed by atoms with E-state index in [-0.39, 0.29) is 5.41 Å². The van der Waals surface area contributed by atoms with Crippen LogP contribution in [-0.4, -0.2) is 13.1 Å². The Morgan fingerprint density at radius 1 is 1.13 bits per heavy atom. The van der Waals surface area contributed by atoms with E-state index in [1.54, 1.807) is 0 Å². The third-order valence-electron chi connectivity index (χ3n) is 3.50. The maximum Gasteiger partial charge on any atom is 0.130 e. The lowest BCUT2D eigenvalue weighted by Crippen LogP contribution is -2.39. The molecule has 15 heavy (non-hydrogen) atoms. The first kappa shape index (κ1) is 8.98. The second-order valence-corrected chi connectivity index (χ2v) is 4.32. The van der Waals surface area contributed by atoms with Gasteiger partial charge in [-0.2, -0.15) is 0 Å². The highest BCUT2D eigenvalue weighted by atomic mass is 16.5. The van der Waals surface area contributed by atoms with Crippen molar-refractivity contribution in [2.45, 2.75) is 18.3 Å². The molecule has 0 saturated carbocycles. The number of para-hydroxylation sites is 1. The van der Waals surface area contributed by atoms with E-state index in [0.717, 1.165) is 18.8 Å². The van der Waals surface area contributed by atoms with Crippen LogP contribution in [0.15, 0.2) is 36.6 Å². The minimum Gasteiger partial charge on any atom is -0.465 e. The van der Waals surface area contributed by atoms with E-state index in [0.29, 0.717) is 0 Å². The fourth-order valence-corrected chi connectivity index (χ4v) is 2.62. The zero-order valence-electron chi connectivity index (χ0n) is 8.70. The predicted molar refractivity (Wildman–Crippen MR) is 60.0 cm³/mol. The molecule has 0 amide bonds. The van der Waals surface area contributed by atoms with Crippen LogP contribution < -0.4 is 10.1 Å². The van der Waals surface area contributed by atoms with Gasteiger partial charge in [0, 0.05) is 11.0 Å². The topological polar surface area (TPSA) is 21.3 Å². The van der Waals surface area contributed by atoms with E-state index >= 15 is 0 Å². The Morgan fingerprint density at radius 2 is 1.93 bits per heavy atom. The summed E-state index contributed by atoms with van der Waals surface area (Å²) in [6.45, 7) is 2.19. The van der Waals surface area contributed by atoms with Crippen molar-refractivity contribution in [2.24, 2.45) is 0 Å². The van der Waals surface area contributed by atoms with Gasteiger partial charge in [-0.05, 0) is 38.1 Å². The van der Waals surface area contributed by atoms with Crippen molar-refractivity contribution in [3.8, 4) is 5.75 Å². The van der Waals surface area contributed by atoms with Gasteiger partial charge >= 0.3 is 0 Å². The zero-order chi connectivity index (χ0) is 10.1. The molecule has 2 nitrogen and oxygen atoms in total. The Kier molecular flexibility index (Phi) is 2.03. The van der Waals surface area contributed by atoms with Gasteiger partial charge < -0.3 is 10.1 Å². The summed E-state index contributed by atoms with van der Waals surface area (Å²) < 4.78 is 5.55. The molecule has 1 aromatic carbocycles. The third kappa shape index (κ3) is 1.37. The van der Waals surface area contributed by atoms with E-state index < -0.39 is 0 Å². The van der Waals surface area contributed by atoms with Crippen LogP contribution >= 0.6 is 0 Å². The molecule has 0 atom stereocenters. The molecule has 2 heteroatoms. The fraction of sp³-hybridized carbons (Fsp3) is 0.385. The lowest BCUT2D eigenvalue weighted by atomic mass is 9.72. The van der Waals surface area contributed by atoms with Gasteiger partial charge in [0.2, 0.25) is 0 Å². The van der Waals surface area contributed by atoms with Crippen molar-refractivity contribution in [3.63, 3.8) is 0 Å². The molecular weight excluding hydrogens is 186 g/mol. The number of piperidine rings is 1. The van der Waals surface area contributed by atoms with Crippen LogP contribution in [0.25, 0.3) is 0 Å². The first-order chi connectivity index (χ1) is 7.41. The first-order valence-corrected chi connectivity index (χ1v) is 5.55. The molecule has 1 aromatic rings. The lowest BCUT2D eigenvalue weighted by Gasteiger charge is -2.38. The molecule has 0 radical (unpaired) electrons. The number of nitrogens with one attached hydrogen (secondary N) is 1. The molecule has 0 unspecified atom stereocenters. The van der Waals surface area contributed by atoms with E-state index in [9.17, 15) is 0 Å². The molecular formula is C13H15NO. The summed E-state index contributed by atoms with van der Waals surface area (Å²) in [5.74, 6) is 1.03. The highest BCUT2D eigenvalue weighted by molar-refractivity contribution is 5.45. The number of fused-ring (bicyclic) bond motifs is 2. The fourth-order valence-electron chi connectivity index (χ4n) is 2.62. The minimum atomic E-state index is 0.222. The molecule has 78 valence electrons. The smallest absolute Gasteiger partial charge is 0.130 e. The van der Waals surface area contributed by atoms with Crippen LogP contribution in [-0.2, 0) is 5.41 Å². The van der Waals surface area contributed by atoms with Crippen LogP contribution in [0.4, 0.5) is 0 Å². The minimum absolute atomic E-state index is 0.222. The molecule has 0 aliphatic carbocycles. The second-order valence-electron chi connectivity index (χ2n) is 4.32. The van der Waals surface area contributed by atoms with Crippen LogP contribution in [0.3, 0.4) is 0 Å². The van der Waals surface area contributed by atoms with Crippen LogP contribution in [0.1, 0.15) is 18.4 Å². The summed E-state index contributed by atoms with van der Waals surface area (Å²) in [7, 11) is 0. The Labute approximate surface area is 89.9 Å². The number of rotatable bonds is 0. The zero-order valence-corrected chi connectivity index (χ0v) is 8.70. The normalized spacial score (nSPS) is 22.1. The van der Waals surface area contributed by atoms with Gasteiger partial charge in [0.15, 0.2) is 0 Å². The second kappa shape index (κ2) is 3.38. The predicted octanol–water partition coefficient (Wildman–Crippen LogP) is 2.21. The summed E-state index contributed by atoms with van der Waals surface area (Å²) in [5.41, 5.74) is 1.58. The van der Waals surface area contributed by atoms with Crippen molar-refractivity contribution < 1.29 is 4.74 Å². The number of hydrogen-bond acceptors (Lipinski definition) is 2. The van der Waals surface area contributed by atoms with Crippen LogP contribution in [0.5, 0.6) is 5.75 Å². The summed E-state index contributed by atoms with van der Waals surface area (Å²) in [6.07, 6.45) is 6.43. The van der Waals surface area contributed by atoms with Gasteiger partial charge in [-0.15, -0.1) is 0 Å². The van der Waals surface area contributed by atoms with Crippen LogP contribution in [0.2, 0.25) is 0 Å². The van der Waals surface area contributed by atoms with Crippen molar-refractivity contribution in [3.05, 3.63) is 42.2 Å². The summed E-state index contributed by atoms with van der Waals surface area (Å²) >= 11 is 0. The van der Waals surface area contributed by atoms with Crippen molar-refractivity contribution in [1.82, 2.24) is 5.32 Å². The lowest BCUT2D eigenvalue weighted by molar-refractivity contribution is 0.333. The molecule has 2 aliphatic heterocycles. The molecule has 1 fully saturated rings. The SMILES string of the molecule is C1=CC2(CCNCC2)c2ccccc2O1. The number of benzene rings is 1. The Balaban J connectivity index is 2.08. The molecule has 0 aromatic heterocycles. The van der Waals surface area contributed by atoms with Gasteiger partial charge in [0.05, 0.1) is 6.26 Å². The van der Waals surface area contributed by atoms with Crippen molar-refractivity contribution >= 4 is 0 Å². The van der Waals surface area contributed by atoms with E-state index in [4.69, 9.17) is 4.74 Å². The van der Waals surface area contributed by atoms with Gasteiger partial charge in [0.25, 0.3) is 0 Å². The van der Waals surface area contributed by atoms with Crippen LogP contribution in [0, 0.1) is 0 Å². The standard InChI is InChI=1S/C13H15NO/c1-2-4-12-11(3-1)13(7-10-15-12)5-8-14-9-6-13/h1-4,7,10,14H,5-6,8-9H2. The quantitative estimate of drug-likeness (QED) is 0.695. The van der Waals surface area contributed by atoms with Gasteiger partial charge in [-0.25, -0.2) is 0 Å².